The molecule has 26 heavy (non-hydrogen) atoms. The number of hydrogen-bond acceptors (Lipinski definition) is 2. The van der Waals surface area contributed by atoms with E-state index in [-0.39, 0.29) is 18.2 Å². The summed E-state index contributed by atoms with van der Waals surface area (Å²) in [5.41, 5.74) is 4.28. The maximum absolute atomic E-state index is 12.4. The fourth-order valence-electron chi connectivity index (χ4n) is 2.71. The second-order valence-electron chi connectivity index (χ2n) is 6.25. The third-order valence-electron chi connectivity index (χ3n) is 4.39. The van der Waals surface area contributed by atoms with Gasteiger partial charge in [-0.1, -0.05) is 42.5 Å². The first-order valence-electron chi connectivity index (χ1n) is 8.49. The van der Waals surface area contributed by atoms with Gasteiger partial charge in [0.05, 0.1) is 0 Å². The third kappa shape index (κ3) is 4.03. The Balaban J connectivity index is 1.66. The molecule has 0 spiro atoms. The molecule has 0 radical (unpaired) electrons. The van der Waals surface area contributed by atoms with E-state index in [1.165, 1.54) is 0 Å². The van der Waals surface area contributed by atoms with Crippen LogP contribution in [-0.2, 0) is 11.3 Å². The number of benzene rings is 2. The van der Waals surface area contributed by atoms with Gasteiger partial charge < -0.3 is 5.32 Å². The predicted molar refractivity (Wildman–Crippen MR) is 101 cm³/mol. The van der Waals surface area contributed by atoms with Crippen molar-refractivity contribution in [3.8, 4) is 0 Å². The molecule has 0 aliphatic heterocycles. The van der Waals surface area contributed by atoms with Gasteiger partial charge in [0.1, 0.15) is 0 Å². The summed E-state index contributed by atoms with van der Waals surface area (Å²) < 4.78 is 1.75. The largest absolute Gasteiger partial charge is 0.320 e. The first-order valence-corrected chi connectivity index (χ1v) is 8.49. The Morgan fingerprint density at radius 2 is 1.50 bits per heavy atom. The molecule has 4 nitrogen and oxygen atoms in total. The van der Waals surface area contributed by atoms with Crippen molar-refractivity contribution < 1.29 is 14.2 Å². The third-order valence-corrected chi connectivity index (χ3v) is 4.39. The first-order chi connectivity index (χ1) is 12.5. The molecule has 3 aromatic rings. The van der Waals surface area contributed by atoms with Crippen LogP contribution in [0.1, 0.15) is 27.0 Å². The van der Waals surface area contributed by atoms with Crippen LogP contribution in [0.15, 0.2) is 73.1 Å². The number of carbonyl (C=O) groups is 2. The number of anilines is 1. The van der Waals surface area contributed by atoms with Crippen molar-refractivity contribution >= 4 is 17.4 Å². The predicted octanol–water partition coefficient (Wildman–Crippen LogP) is 3.46. The molecule has 4 heteroatoms. The van der Waals surface area contributed by atoms with Crippen LogP contribution < -0.4 is 9.88 Å². The molecule has 0 aliphatic rings. The van der Waals surface area contributed by atoms with Crippen LogP contribution in [-0.4, -0.2) is 11.7 Å². The Labute approximate surface area is 153 Å². The zero-order valence-electron chi connectivity index (χ0n) is 14.9. The number of aryl methyl sites for hydroxylation is 1. The zero-order chi connectivity index (χ0) is 18.5. The van der Waals surface area contributed by atoms with Crippen molar-refractivity contribution in [2.75, 3.05) is 5.32 Å². The van der Waals surface area contributed by atoms with Crippen molar-refractivity contribution in [2.45, 2.75) is 20.4 Å². The molecule has 1 heterocycles. The van der Waals surface area contributed by atoms with E-state index in [0.717, 1.165) is 16.8 Å². The molecule has 130 valence electrons. The lowest BCUT2D eigenvalue weighted by atomic mass is 10.0. The molecular formula is C22H21N2O2+. The minimum atomic E-state index is -0.106. The Hall–Kier alpha value is -3.27. The van der Waals surface area contributed by atoms with Crippen LogP contribution in [0.25, 0.3) is 0 Å². The summed E-state index contributed by atoms with van der Waals surface area (Å²) in [6.45, 7) is 4.19. The van der Waals surface area contributed by atoms with Crippen molar-refractivity contribution in [1.29, 1.82) is 0 Å². The molecule has 0 saturated heterocycles. The molecule has 2 aromatic carbocycles. The summed E-state index contributed by atoms with van der Waals surface area (Å²) in [7, 11) is 0. The van der Waals surface area contributed by atoms with Crippen LogP contribution in [0.4, 0.5) is 5.69 Å². The fourth-order valence-corrected chi connectivity index (χ4v) is 2.71. The van der Waals surface area contributed by atoms with Crippen LogP contribution >= 0.6 is 0 Å². The fraction of sp³-hybridized carbons (Fsp3) is 0.136. The normalized spacial score (nSPS) is 10.4. The van der Waals surface area contributed by atoms with E-state index in [9.17, 15) is 9.59 Å². The maximum atomic E-state index is 12.4. The van der Waals surface area contributed by atoms with Crippen LogP contribution in [0, 0.1) is 13.8 Å². The number of ketones is 1. The number of aromatic nitrogens is 1. The minimum Gasteiger partial charge on any atom is -0.320 e. The molecule has 0 fully saturated rings. The van der Waals surface area contributed by atoms with Crippen LogP contribution in [0.2, 0.25) is 0 Å². The highest BCUT2D eigenvalue weighted by molar-refractivity contribution is 6.08. The van der Waals surface area contributed by atoms with Gasteiger partial charge in [-0.2, -0.15) is 4.57 Å². The molecule has 0 atom stereocenters. The van der Waals surface area contributed by atoms with Gasteiger partial charge in [0.15, 0.2) is 18.2 Å². The van der Waals surface area contributed by atoms with Gasteiger partial charge in [-0.05, 0) is 31.0 Å². The van der Waals surface area contributed by atoms with Gasteiger partial charge in [-0.15, -0.1) is 0 Å². The second kappa shape index (κ2) is 7.74. The number of amides is 1. The lowest BCUT2D eigenvalue weighted by Gasteiger charge is -2.09. The highest BCUT2D eigenvalue weighted by Crippen LogP contribution is 2.17. The minimum absolute atomic E-state index is 0.0300. The smallest absolute Gasteiger partial charge is 0.290 e. The van der Waals surface area contributed by atoms with Gasteiger partial charge in [0.2, 0.25) is 6.54 Å². The van der Waals surface area contributed by atoms with Crippen molar-refractivity contribution in [3.63, 3.8) is 0 Å². The van der Waals surface area contributed by atoms with E-state index in [1.807, 2.05) is 50.2 Å². The number of nitrogens with zero attached hydrogens (tertiary/aromatic N) is 1. The lowest BCUT2D eigenvalue weighted by molar-refractivity contribution is -0.684. The first kappa shape index (κ1) is 17.5. The molecule has 3 rings (SSSR count). The summed E-state index contributed by atoms with van der Waals surface area (Å²) in [5, 5.41) is 2.94. The Morgan fingerprint density at radius 1 is 0.846 bits per heavy atom. The zero-order valence-corrected chi connectivity index (χ0v) is 14.9. The van der Waals surface area contributed by atoms with Crippen molar-refractivity contribution in [1.82, 2.24) is 0 Å². The van der Waals surface area contributed by atoms with E-state index >= 15 is 0 Å². The monoisotopic (exact) mass is 345 g/mol. The summed E-state index contributed by atoms with van der Waals surface area (Å²) in [4.78, 5) is 24.7. The summed E-state index contributed by atoms with van der Waals surface area (Å²) >= 11 is 0. The highest BCUT2D eigenvalue weighted by atomic mass is 16.2. The maximum Gasteiger partial charge on any atom is 0.290 e. The number of nitrogens with one attached hydrogen (secondary N) is 1. The van der Waals surface area contributed by atoms with Gasteiger partial charge in [-0.25, -0.2) is 0 Å². The summed E-state index contributed by atoms with van der Waals surface area (Å²) in [6, 6.07) is 18.5. The van der Waals surface area contributed by atoms with E-state index in [2.05, 4.69) is 5.32 Å². The summed E-state index contributed by atoms with van der Waals surface area (Å²) in [6.07, 6.45) is 3.50. The molecule has 1 N–H and O–H groups in total. The van der Waals surface area contributed by atoms with E-state index in [4.69, 9.17) is 0 Å². The molecule has 1 aromatic heterocycles. The molecule has 0 aliphatic carbocycles. The molecule has 0 bridgehead atoms. The Morgan fingerprint density at radius 3 is 2.19 bits per heavy atom. The highest BCUT2D eigenvalue weighted by Gasteiger charge is 2.14. The average Bonchev–Trinajstić information content (AvgIpc) is 2.66. The van der Waals surface area contributed by atoms with Crippen molar-refractivity contribution in [3.05, 3.63) is 95.3 Å². The summed E-state index contributed by atoms with van der Waals surface area (Å²) in [5.74, 6) is -0.136. The van der Waals surface area contributed by atoms with Gasteiger partial charge in [-0.3, -0.25) is 9.59 Å². The molecular weight excluding hydrogens is 324 g/mol. The van der Waals surface area contributed by atoms with Crippen LogP contribution in [0.3, 0.4) is 0 Å². The van der Waals surface area contributed by atoms with Gasteiger partial charge in [0.25, 0.3) is 5.91 Å². The standard InChI is InChI=1S/C22H20N2O2/c1-16-7-6-10-20(17(16)2)23-21(25)15-24-13-11-19(12-14-24)22(26)18-8-4-3-5-9-18/h3-14H,15H2,1-2H3/p+1. The Kier molecular flexibility index (Phi) is 5.23. The molecule has 1 amide bonds. The van der Waals surface area contributed by atoms with E-state index in [1.54, 1.807) is 41.2 Å². The SMILES string of the molecule is Cc1cccc(NC(=O)C[n+]2ccc(C(=O)c3ccccc3)cc2)c1C. The molecule has 0 unspecified atom stereocenters. The van der Waals surface area contributed by atoms with Gasteiger partial charge >= 0.3 is 0 Å². The van der Waals surface area contributed by atoms with E-state index in [0.29, 0.717) is 11.1 Å². The van der Waals surface area contributed by atoms with E-state index < -0.39 is 0 Å². The van der Waals surface area contributed by atoms with Crippen molar-refractivity contribution in [2.24, 2.45) is 0 Å². The number of rotatable bonds is 5. The Bertz CT molecular complexity index is 932. The quantitative estimate of drug-likeness (QED) is 0.569. The second-order valence-corrected chi connectivity index (χ2v) is 6.25. The lowest BCUT2D eigenvalue weighted by Crippen LogP contribution is -2.39. The number of pyridine rings is 1. The van der Waals surface area contributed by atoms with Gasteiger partial charge in [0, 0.05) is 28.9 Å². The average molecular weight is 345 g/mol. The number of hydrogen-bond donors (Lipinski definition) is 1. The number of carbonyl (C=O) groups excluding carboxylic acids is 2. The van der Waals surface area contributed by atoms with Crippen LogP contribution in [0.5, 0.6) is 0 Å². The molecule has 0 saturated carbocycles. The topological polar surface area (TPSA) is 50.1 Å².